The second-order valence-electron chi connectivity index (χ2n) is 3.82. The van der Waals surface area contributed by atoms with Gasteiger partial charge in [0.05, 0.1) is 6.20 Å². The van der Waals surface area contributed by atoms with E-state index in [1.165, 1.54) is 16.9 Å². The number of hydrogen-bond acceptors (Lipinski definition) is 4. The number of anilines is 1. The molecule has 84 valence electrons. The number of nitrogens with two attached hydrogens (primary N) is 1. The predicted molar refractivity (Wildman–Crippen MR) is 67.1 cm³/mol. The topological polar surface area (TPSA) is 48.1 Å². The fourth-order valence-corrected chi connectivity index (χ4v) is 2.01. The van der Waals surface area contributed by atoms with Crippen molar-refractivity contribution in [3.8, 4) is 10.9 Å². The Morgan fingerprint density at radius 2 is 2.06 bits per heavy atom. The van der Waals surface area contributed by atoms with Gasteiger partial charge in [-0.1, -0.05) is 43.4 Å². The molecule has 0 spiro atoms. The first kappa shape index (κ1) is 11.0. The maximum atomic E-state index is 5.72. The molecule has 1 aromatic heterocycles. The standard InChI is InChI=1S/C12H14N2OS/c1-8(2)9-5-3-4-6-10(9)15-12-14-7-11(13)16-12/h3-8H,13H2,1-2H3. The van der Waals surface area contributed by atoms with E-state index < -0.39 is 0 Å². The Morgan fingerprint density at radius 3 is 2.69 bits per heavy atom. The smallest absolute Gasteiger partial charge is 0.280 e. The second kappa shape index (κ2) is 4.53. The molecule has 0 bridgehead atoms. The summed E-state index contributed by atoms with van der Waals surface area (Å²) >= 11 is 1.35. The van der Waals surface area contributed by atoms with Crippen molar-refractivity contribution in [2.45, 2.75) is 19.8 Å². The van der Waals surface area contributed by atoms with Crippen LogP contribution in [-0.2, 0) is 0 Å². The van der Waals surface area contributed by atoms with Crippen LogP contribution < -0.4 is 10.5 Å². The van der Waals surface area contributed by atoms with Crippen LogP contribution in [0.25, 0.3) is 0 Å². The predicted octanol–water partition coefficient (Wildman–Crippen LogP) is 3.64. The van der Waals surface area contributed by atoms with E-state index in [0.717, 1.165) is 5.75 Å². The van der Waals surface area contributed by atoms with Crippen LogP contribution in [0.1, 0.15) is 25.3 Å². The van der Waals surface area contributed by atoms with E-state index in [0.29, 0.717) is 16.1 Å². The van der Waals surface area contributed by atoms with Gasteiger partial charge in [0.15, 0.2) is 0 Å². The Labute approximate surface area is 98.9 Å². The molecule has 4 heteroatoms. The quantitative estimate of drug-likeness (QED) is 0.882. The third kappa shape index (κ3) is 2.33. The minimum atomic E-state index is 0.425. The molecule has 0 saturated heterocycles. The zero-order valence-electron chi connectivity index (χ0n) is 9.31. The third-order valence-electron chi connectivity index (χ3n) is 2.24. The molecule has 0 aliphatic heterocycles. The molecular weight excluding hydrogens is 220 g/mol. The van der Waals surface area contributed by atoms with Crippen molar-refractivity contribution in [3.63, 3.8) is 0 Å². The number of hydrogen-bond donors (Lipinski definition) is 1. The van der Waals surface area contributed by atoms with Crippen LogP contribution in [0.15, 0.2) is 30.5 Å². The molecule has 2 aromatic rings. The molecular formula is C12H14N2OS. The second-order valence-corrected chi connectivity index (χ2v) is 4.85. The lowest BCUT2D eigenvalue weighted by atomic mass is 10.0. The summed E-state index contributed by atoms with van der Waals surface area (Å²) in [7, 11) is 0. The molecule has 0 saturated carbocycles. The summed E-state index contributed by atoms with van der Waals surface area (Å²) in [6, 6.07) is 7.99. The molecule has 0 radical (unpaired) electrons. The van der Waals surface area contributed by atoms with Gasteiger partial charge in [0, 0.05) is 0 Å². The Hall–Kier alpha value is -1.55. The molecule has 1 aromatic carbocycles. The van der Waals surface area contributed by atoms with Crippen molar-refractivity contribution < 1.29 is 4.74 Å². The summed E-state index contributed by atoms with van der Waals surface area (Å²) in [6.45, 7) is 4.27. The summed E-state index contributed by atoms with van der Waals surface area (Å²) < 4.78 is 5.72. The Balaban J connectivity index is 2.27. The molecule has 0 unspecified atom stereocenters. The average Bonchev–Trinajstić information content (AvgIpc) is 2.64. The van der Waals surface area contributed by atoms with Crippen molar-refractivity contribution >= 4 is 16.3 Å². The van der Waals surface area contributed by atoms with Crippen molar-refractivity contribution in [3.05, 3.63) is 36.0 Å². The molecule has 0 aliphatic carbocycles. The van der Waals surface area contributed by atoms with Crippen molar-refractivity contribution in [2.24, 2.45) is 0 Å². The van der Waals surface area contributed by atoms with Crippen LogP contribution in [0.5, 0.6) is 10.9 Å². The van der Waals surface area contributed by atoms with Gasteiger partial charge in [-0.2, -0.15) is 0 Å². The highest BCUT2D eigenvalue weighted by atomic mass is 32.1. The average molecular weight is 234 g/mol. The summed E-state index contributed by atoms with van der Waals surface area (Å²) in [6.07, 6.45) is 1.61. The number of para-hydroxylation sites is 1. The van der Waals surface area contributed by atoms with Crippen molar-refractivity contribution in [1.82, 2.24) is 4.98 Å². The number of thiazole rings is 1. The van der Waals surface area contributed by atoms with Gasteiger partial charge in [0.2, 0.25) is 0 Å². The molecule has 0 atom stereocenters. The van der Waals surface area contributed by atoms with E-state index in [9.17, 15) is 0 Å². The summed E-state index contributed by atoms with van der Waals surface area (Å²) in [5.74, 6) is 1.28. The van der Waals surface area contributed by atoms with Crippen LogP contribution in [0.2, 0.25) is 0 Å². The number of nitrogens with zero attached hydrogens (tertiary/aromatic N) is 1. The van der Waals surface area contributed by atoms with Crippen LogP contribution in [0.4, 0.5) is 5.00 Å². The van der Waals surface area contributed by atoms with Gasteiger partial charge in [-0.05, 0) is 17.5 Å². The highest BCUT2D eigenvalue weighted by Gasteiger charge is 2.09. The highest BCUT2D eigenvalue weighted by Crippen LogP contribution is 2.32. The normalized spacial score (nSPS) is 10.7. The monoisotopic (exact) mass is 234 g/mol. The lowest BCUT2D eigenvalue weighted by Crippen LogP contribution is -1.92. The maximum absolute atomic E-state index is 5.72. The minimum Gasteiger partial charge on any atom is -0.431 e. The number of benzene rings is 1. The van der Waals surface area contributed by atoms with Crippen molar-refractivity contribution in [1.29, 1.82) is 0 Å². The largest absolute Gasteiger partial charge is 0.431 e. The Bertz CT molecular complexity index is 479. The molecule has 2 N–H and O–H groups in total. The molecule has 1 heterocycles. The first-order valence-corrected chi connectivity index (χ1v) is 5.96. The molecule has 2 rings (SSSR count). The van der Waals surface area contributed by atoms with Crippen LogP contribution >= 0.6 is 11.3 Å². The third-order valence-corrected chi connectivity index (χ3v) is 2.95. The zero-order chi connectivity index (χ0) is 11.5. The fraction of sp³-hybridized carbons (Fsp3) is 0.250. The zero-order valence-corrected chi connectivity index (χ0v) is 10.1. The lowest BCUT2D eigenvalue weighted by molar-refractivity contribution is 0.469. The van der Waals surface area contributed by atoms with E-state index in [-0.39, 0.29) is 0 Å². The summed E-state index contributed by atoms with van der Waals surface area (Å²) in [4.78, 5) is 4.08. The Kier molecular flexibility index (Phi) is 3.10. The number of rotatable bonds is 3. The van der Waals surface area contributed by atoms with Gasteiger partial charge in [0.1, 0.15) is 10.8 Å². The van der Waals surface area contributed by atoms with Gasteiger partial charge in [-0.15, -0.1) is 0 Å². The number of nitrogen functional groups attached to an aromatic ring is 1. The van der Waals surface area contributed by atoms with Gasteiger partial charge < -0.3 is 10.5 Å². The van der Waals surface area contributed by atoms with E-state index >= 15 is 0 Å². The molecule has 16 heavy (non-hydrogen) atoms. The first-order chi connectivity index (χ1) is 7.66. The van der Waals surface area contributed by atoms with Crippen LogP contribution in [-0.4, -0.2) is 4.98 Å². The van der Waals surface area contributed by atoms with Gasteiger partial charge >= 0.3 is 0 Å². The van der Waals surface area contributed by atoms with Gasteiger partial charge in [-0.3, -0.25) is 0 Å². The van der Waals surface area contributed by atoms with E-state index in [4.69, 9.17) is 10.5 Å². The molecule has 0 fully saturated rings. The van der Waals surface area contributed by atoms with E-state index in [1.54, 1.807) is 6.20 Å². The summed E-state index contributed by atoms with van der Waals surface area (Å²) in [5, 5.41) is 1.25. The fourth-order valence-electron chi connectivity index (χ4n) is 1.46. The van der Waals surface area contributed by atoms with E-state index in [1.807, 2.05) is 18.2 Å². The van der Waals surface area contributed by atoms with Gasteiger partial charge in [0.25, 0.3) is 5.19 Å². The van der Waals surface area contributed by atoms with Crippen LogP contribution in [0, 0.1) is 0 Å². The van der Waals surface area contributed by atoms with Gasteiger partial charge in [-0.25, -0.2) is 4.98 Å². The van der Waals surface area contributed by atoms with Crippen molar-refractivity contribution in [2.75, 3.05) is 5.73 Å². The highest BCUT2D eigenvalue weighted by molar-refractivity contribution is 7.17. The number of ether oxygens (including phenoxy) is 1. The minimum absolute atomic E-state index is 0.425. The SMILES string of the molecule is CC(C)c1ccccc1Oc1ncc(N)s1. The summed E-state index contributed by atoms with van der Waals surface area (Å²) in [5.41, 5.74) is 6.78. The van der Waals surface area contributed by atoms with Crippen LogP contribution in [0.3, 0.4) is 0 Å². The maximum Gasteiger partial charge on any atom is 0.280 e. The number of aromatic nitrogens is 1. The Morgan fingerprint density at radius 1 is 1.31 bits per heavy atom. The molecule has 0 amide bonds. The molecule has 3 nitrogen and oxygen atoms in total. The molecule has 0 aliphatic rings. The lowest BCUT2D eigenvalue weighted by Gasteiger charge is -2.11. The van der Waals surface area contributed by atoms with E-state index in [2.05, 4.69) is 24.9 Å². The first-order valence-electron chi connectivity index (χ1n) is 5.15.